The molecule has 1 N–H and O–H groups in total. The molecule has 0 saturated carbocycles. The third-order valence-corrected chi connectivity index (χ3v) is 2.83. The molecule has 0 heterocycles. The molecule has 0 spiro atoms. The van der Waals surface area contributed by atoms with Gasteiger partial charge in [0.05, 0.1) is 0 Å². The Bertz CT molecular complexity index is 325. The smallest absolute Gasteiger partial charge is 0.0462 e. The molecule has 76 valence electrons. The van der Waals surface area contributed by atoms with Gasteiger partial charge in [-0.2, -0.15) is 0 Å². The van der Waals surface area contributed by atoms with Crippen molar-refractivity contribution in [1.82, 2.24) is 5.32 Å². The van der Waals surface area contributed by atoms with Crippen LogP contribution < -0.4 is 5.32 Å². The summed E-state index contributed by atoms with van der Waals surface area (Å²) in [5, 5.41) is 4.07. The number of nitrogens with one attached hydrogen (secondary N) is 1. The standard InChI is InChI=1S/C11H13BrClN/c1-3-8(2)14-7-9-4-5-10(12)6-11(9)13/h3-6,8,14H,1,7H2,2H3. The molecule has 1 unspecified atom stereocenters. The van der Waals surface area contributed by atoms with Crippen LogP contribution in [0, 0.1) is 0 Å². The van der Waals surface area contributed by atoms with Gasteiger partial charge in [-0.1, -0.05) is 39.7 Å². The van der Waals surface area contributed by atoms with E-state index in [4.69, 9.17) is 11.6 Å². The van der Waals surface area contributed by atoms with Crippen LogP contribution in [0.1, 0.15) is 12.5 Å². The Kier molecular flexibility index (Phi) is 4.66. The SMILES string of the molecule is C=CC(C)NCc1ccc(Br)cc1Cl. The summed E-state index contributed by atoms with van der Waals surface area (Å²) in [5.41, 5.74) is 1.10. The molecule has 0 aliphatic rings. The van der Waals surface area contributed by atoms with Crippen molar-refractivity contribution in [3.63, 3.8) is 0 Å². The Morgan fingerprint density at radius 2 is 2.36 bits per heavy atom. The number of hydrogen-bond acceptors (Lipinski definition) is 1. The predicted molar refractivity (Wildman–Crippen MR) is 65.7 cm³/mol. The molecule has 1 aromatic carbocycles. The monoisotopic (exact) mass is 273 g/mol. The normalized spacial score (nSPS) is 12.5. The molecule has 1 aromatic rings. The average Bonchev–Trinajstić information content (AvgIpc) is 2.16. The first-order chi connectivity index (χ1) is 6.63. The highest BCUT2D eigenvalue weighted by atomic mass is 79.9. The summed E-state index contributed by atoms with van der Waals surface area (Å²) >= 11 is 9.43. The minimum Gasteiger partial charge on any atom is -0.307 e. The Hall–Kier alpha value is -0.310. The first kappa shape index (κ1) is 11.8. The minimum atomic E-state index is 0.301. The summed E-state index contributed by atoms with van der Waals surface area (Å²) in [6.07, 6.45) is 1.87. The highest BCUT2D eigenvalue weighted by Crippen LogP contribution is 2.21. The van der Waals surface area contributed by atoms with Crippen LogP contribution in [-0.4, -0.2) is 6.04 Å². The maximum Gasteiger partial charge on any atom is 0.0462 e. The lowest BCUT2D eigenvalue weighted by Crippen LogP contribution is -2.22. The number of benzene rings is 1. The first-order valence-electron chi connectivity index (χ1n) is 4.43. The topological polar surface area (TPSA) is 12.0 Å². The van der Waals surface area contributed by atoms with Gasteiger partial charge in [-0.15, -0.1) is 6.58 Å². The fourth-order valence-corrected chi connectivity index (χ4v) is 1.76. The van der Waals surface area contributed by atoms with Gasteiger partial charge in [0.1, 0.15) is 0 Å². The van der Waals surface area contributed by atoms with Crippen LogP contribution in [0.25, 0.3) is 0 Å². The molecule has 3 heteroatoms. The maximum atomic E-state index is 6.06. The van der Waals surface area contributed by atoms with Crippen molar-refractivity contribution in [1.29, 1.82) is 0 Å². The first-order valence-corrected chi connectivity index (χ1v) is 5.60. The molecule has 14 heavy (non-hydrogen) atoms. The summed E-state index contributed by atoms with van der Waals surface area (Å²) in [5.74, 6) is 0. The molecule has 0 amide bonds. The summed E-state index contributed by atoms with van der Waals surface area (Å²) in [6.45, 7) is 6.52. The second-order valence-electron chi connectivity index (χ2n) is 3.14. The molecule has 0 fully saturated rings. The van der Waals surface area contributed by atoms with Crippen molar-refractivity contribution in [2.45, 2.75) is 19.5 Å². The summed E-state index contributed by atoms with van der Waals surface area (Å²) in [4.78, 5) is 0. The van der Waals surface area contributed by atoms with E-state index in [2.05, 4.69) is 34.7 Å². The van der Waals surface area contributed by atoms with Crippen molar-refractivity contribution in [3.8, 4) is 0 Å². The zero-order chi connectivity index (χ0) is 10.6. The van der Waals surface area contributed by atoms with Crippen molar-refractivity contribution in [2.24, 2.45) is 0 Å². The third kappa shape index (κ3) is 3.45. The van der Waals surface area contributed by atoms with Gasteiger partial charge in [0.2, 0.25) is 0 Å². The lowest BCUT2D eigenvalue weighted by atomic mass is 10.2. The van der Waals surface area contributed by atoms with Crippen molar-refractivity contribution < 1.29 is 0 Å². The van der Waals surface area contributed by atoms with Gasteiger partial charge in [-0.25, -0.2) is 0 Å². The number of halogens is 2. The van der Waals surface area contributed by atoms with Gasteiger partial charge < -0.3 is 5.32 Å². The molecule has 0 radical (unpaired) electrons. The minimum absolute atomic E-state index is 0.301. The van der Waals surface area contributed by atoms with E-state index in [-0.39, 0.29) is 0 Å². The largest absolute Gasteiger partial charge is 0.307 e. The second-order valence-corrected chi connectivity index (χ2v) is 4.46. The highest BCUT2D eigenvalue weighted by Gasteiger charge is 2.01. The quantitative estimate of drug-likeness (QED) is 0.824. The molecule has 0 saturated heterocycles. The lowest BCUT2D eigenvalue weighted by molar-refractivity contribution is 0.634. The van der Waals surface area contributed by atoms with Gasteiger partial charge in [0.15, 0.2) is 0 Å². The van der Waals surface area contributed by atoms with Gasteiger partial charge in [0.25, 0.3) is 0 Å². The van der Waals surface area contributed by atoms with E-state index in [1.165, 1.54) is 0 Å². The number of rotatable bonds is 4. The fraction of sp³-hybridized carbons (Fsp3) is 0.273. The second kappa shape index (κ2) is 5.54. The molecule has 0 aliphatic heterocycles. The zero-order valence-electron chi connectivity index (χ0n) is 8.06. The Balaban J connectivity index is 2.63. The van der Waals surface area contributed by atoms with Gasteiger partial charge in [-0.3, -0.25) is 0 Å². The molecular formula is C11H13BrClN. The van der Waals surface area contributed by atoms with Gasteiger partial charge >= 0.3 is 0 Å². The molecule has 1 nitrogen and oxygen atoms in total. The molecule has 1 atom stereocenters. The molecule has 1 rings (SSSR count). The lowest BCUT2D eigenvalue weighted by Gasteiger charge is -2.10. The maximum absolute atomic E-state index is 6.06. The van der Waals surface area contributed by atoms with E-state index in [9.17, 15) is 0 Å². The predicted octanol–water partition coefficient (Wildman–Crippen LogP) is 3.77. The van der Waals surface area contributed by atoms with Crippen molar-refractivity contribution >= 4 is 27.5 Å². The van der Waals surface area contributed by atoms with Crippen LogP contribution in [0.15, 0.2) is 35.3 Å². The van der Waals surface area contributed by atoms with Crippen molar-refractivity contribution in [3.05, 3.63) is 45.9 Å². The van der Waals surface area contributed by atoms with Crippen LogP contribution in [0.4, 0.5) is 0 Å². The van der Waals surface area contributed by atoms with E-state index in [1.54, 1.807) is 0 Å². The van der Waals surface area contributed by atoms with E-state index in [0.29, 0.717) is 6.04 Å². The summed E-state index contributed by atoms with van der Waals surface area (Å²) in [7, 11) is 0. The molecule has 0 aromatic heterocycles. The molecule has 0 bridgehead atoms. The van der Waals surface area contributed by atoms with Crippen LogP contribution in [0.3, 0.4) is 0 Å². The van der Waals surface area contributed by atoms with E-state index in [0.717, 1.165) is 21.6 Å². The van der Waals surface area contributed by atoms with Crippen LogP contribution in [0.5, 0.6) is 0 Å². The van der Waals surface area contributed by atoms with E-state index >= 15 is 0 Å². The van der Waals surface area contributed by atoms with Gasteiger partial charge in [-0.05, 0) is 24.6 Å². The highest BCUT2D eigenvalue weighted by molar-refractivity contribution is 9.10. The zero-order valence-corrected chi connectivity index (χ0v) is 10.4. The van der Waals surface area contributed by atoms with Crippen LogP contribution >= 0.6 is 27.5 Å². The Morgan fingerprint density at radius 1 is 1.64 bits per heavy atom. The van der Waals surface area contributed by atoms with Crippen molar-refractivity contribution in [2.75, 3.05) is 0 Å². The Labute approximate surface area is 98.3 Å². The average molecular weight is 275 g/mol. The molecular weight excluding hydrogens is 261 g/mol. The molecule has 0 aliphatic carbocycles. The summed E-state index contributed by atoms with van der Waals surface area (Å²) in [6, 6.07) is 6.20. The Morgan fingerprint density at radius 3 is 2.93 bits per heavy atom. The van der Waals surface area contributed by atoms with Crippen LogP contribution in [-0.2, 0) is 6.54 Å². The van der Waals surface area contributed by atoms with Crippen LogP contribution in [0.2, 0.25) is 5.02 Å². The summed E-state index contributed by atoms with van der Waals surface area (Å²) < 4.78 is 1.00. The number of hydrogen-bond donors (Lipinski definition) is 1. The van der Waals surface area contributed by atoms with E-state index in [1.807, 2.05) is 24.3 Å². The fourth-order valence-electron chi connectivity index (χ4n) is 1.02. The van der Waals surface area contributed by atoms with Gasteiger partial charge in [0, 0.05) is 22.1 Å². The third-order valence-electron chi connectivity index (χ3n) is 1.98. The van der Waals surface area contributed by atoms with E-state index < -0.39 is 0 Å².